The van der Waals surface area contributed by atoms with Crippen molar-refractivity contribution in [3.8, 4) is 5.75 Å². The SMILES string of the molecule is CN=C(NCCOC)NCC(C)c1ccccc1OC. The highest BCUT2D eigenvalue weighted by Crippen LogP contribution is 2.25. The Hall–Kier alpha value is -1.75. The van der Waals surface area contributed by atoms with Gasteiger partial charge in [-0.2, -0.15) is 0 Å². The highest BCUT2D eigenvalue weighted by molar-refractivity contribution is 5.79. The molecule has 5 nitrogen and oxygen atoms in total. The van der Waals surface area contributed by atoms with Crippen molar-refractivity contribution in [1.82, 2.24) is 10.6 Å². The molecule has 112 valence electrons. The minimum Gasteiger partial charge on any atom is -0.496 e. The molecule has 0 saturated carbocycles. The molecule has 0 aliphatic rings. The normalized spacial score (nSPS) is 12.9. The van der Waals surface area contributed by atoms with Crippen LogP contribution in [0.1, 0.15) is 18.4 Å². The van der Waals surface area contributed by atoms with Gasteiger partial charge >= 0.3 is 0 Å². The van der Waals surface area contributed by atoms with Crippen LogP contribution in [-0.2, 0) is 4.74 Å². The molecule has 1 aromatic carbocycles. The fourth-order valence-corrected chi connectivity index (χ4v) is 1.93. The monoisotopic (exact) mass is 279 g/mol. The topological polar surface area (TPSA) is 54.9 Å². The van der Waals surface area contributed by atoms with Crippen molar-refractivity contribution in [2.24, 2.45) is 4.99 Å². The van der Waals surface area contributed by atoms with E-state index in [2.05, 4.69) is 28.6 Å². The maximum atomic E-state index is 5.39. The maximum Gasteiger partial charge on any atom is 0.191 e. The number of methoxy groups -OCH3 is 2. The number of nitrogens with zero attached hydrogens (tertiary/aromatic N) is 1. The molecule has 0 spiro atoms. The van der Waals surface area contributed by atoms with Crippen molar-refractivity contribution >= 4 is 5.96 Å². The summed E-state index contributed by atoms with van der Waals surface area (Å²) < 4.78 is 10.4. The van der Waals surface area contributed by atoms with Crippen LogP contribution < -0.4 is 15.4 Å². The highest BCUT2D eigenvalue weighted by atomic mass is 16.5. The standard InChI is InChI=1S/C15H25N3O2/c1-12(13-7-5-6-8-14(13)20-4)11-18-15(16-2)17-9-10-19-3/h5-8,12H,9-11H2,1-4H3,(H2,16,17,18). The van der Waals surface area contributed by atoms with E-state index in [9.17, 15) is 0 Å². The number of aliphatic imine (C=N–C) groups is 1. The van der Waals surface area contributed by atoms with Crippen LogP contribution in [0.5, 0.6) is 5.75 Å². The summed E-state index contributed by atoms with van der Waals surface area (Å²) in [7, 11) is 5.14. The first-order chi connectivity index (χ1) is 9.72. The van der Waals surface area contributed by atoms with E-state index in [4.69, 9.17) is 9.47 Å². The van der Waals surface area contributed by atoms with Gasteiger partial charge in [-0.05, 0) is 11.6 Å². The summed E-state index contributed by atoms with van der Waals surface area (Å²) in [5.74, 6) is 2.03. The van der Waals surface area contributed by atoms with Crippen LogP contribution in [0.3, 0.4) is 0 Å². The number of rotatable bonds is 7. The van der Waals surface area contributed by atoms with Crippen molar-refractivity contribution in [3.63, 3.8) is 0 Å². The van der Waals surface area contributed by atoms with E-state index in [-0.39, 0.29) is 0 Å². The van der Waals surface area contributed by atoms with E-state index >= 15 is 0 Å². The van der Waals surface area contributed by atoms with E-state index < -0.39 is 0 Å². The number of benzene rings is 1. The van der Waals surface area contributed by atoms with E-state index in [1.54, 1.807) is 21.3 Å². The number of para-hydroxylation sites is 1. The summed E-state index contributed by atoms with van der Waals surface area (Å²) in [5, 5.41) is 6.49. The molecule has 0 radical (unpaired) electrons. The van der Waals surface area contributed by atoms with Crippen LogP contribution >= 0.6 is 0 Å². The fourth-order valence-electron chi connectivity index (χ4n) is 1.93. The highest BCUT2D eigenvalue weighted by Gasteiger charge is 2.11. The minimum atomic E-state index is 0.326. The second-order valence-electron chi connectivity index (χ2n) is 4.52. The third-order valence-corrected chi connectivity index (χ3v) is 3.07. The molecular formula is C15H25N3O2. The number of ether oxygens (including phenoxy) is 2. The molecule has 1 aromatic rings. The first-order valence-corrected chi connectivity index (χ1v) is 6.79. The molecule has 0 heterocycles. The van der Waals surface area contributed by atoms with Crippen molar-refractivity contribution < 1.29 is 9.47 Å². The Bertz CT molecular complexity index is 421. The molecule has 5 heteroatoms. The number of hydrogen-bond donors (Lipinski definition) is 2. The van der Waals surface area contributed by atoms with Crippen molar-refractivity contribution in [2.75, 3.05) is 41.0 Å². The first kappa shape index (κ1) is 16.3. The third kappa shape index (κ3) is 5.09. The molecule has 0 bridgehead atoms. The Kier molecular flexibility index (Phi) is 7.50. The molecule has 1 atom stereocenters. The van der Waals surface area contributed by atoms with E-state index in [0.717, 1.165) is 24.8 Å². The molecule has 0 aromatic heterocycles. The Morgan fingerprint density at radius 3 is 2.65 bits per heavy atom. The fraction of sp³-hybridized carbons (Fsp3) is 0.533. The van der Waals surface area contributed by atoms with Gasteiger partial charge in [-0.15, -0.1) is 0 Å². The van der Waals surface area contributed by atoms with Crippen molar-refractivity contribution in [3.05, 3.63) is 29.8 Å². The van der Waals surface area contributed by atoms with Gasteiger partial charge in [0.1, 0.15) is 5.75 Å². The van der Waals surface area contributed by atoms with Gasteiger partial charge in [0.15, 0.2) is 5.96 Å². The number of hydrogen-bond acceptors (Lipinski definition) is 3. The predicted octanol–water partition coefficient (Wildman–Crippen LogP) is 1.61. The Balaban J connectivity index is 2.51. The second-order valence-corrected chi connectivity index (χ2v) is 4.52. The van der Waals surface area contributed by atoms with Gasteiger partial charge in [-0.3, -0.25) is 4.99 Å². The third-order valence-electron chi connectivity index (χ3n) is 3.07. The summed E-state index contributed by atoms with van der Waals surface area (Å²) in [6.45, 7) is 4.34. The summed E-state index contributed by atoms with van der Waals surface area (Å²) in [6.07, 6.45) is 0. The lowest BCUT2D eigenvalue weighted by Gasteiger charge is -2.18. The predicted molar refractivity (Wildman–Crippen MR) is 82.6 cm³/mol. The quantitative estimate of drug-likeness (QED) is 0.452. The lowest BCUT2D eigenvalue weighted by Crippen LogP contribution is -2.40. The van der Waals surface area contributed by atoms with Gasteiger partial charge in [0, 0.05) is 33.2 Å². The van der Waals surface area contributed by atoms with Crippen LogP contribution in [0.15, 0.2) is 29.3 Å². The Morgan fingerprint density at radius 1 is 1.25 bits per heavy atom. The molecule has 0 saturated heterocycles. The molecule has 0 aliphatic carbocycles. The van der Waals surface area contributed by atoms with E-state index in [1.165, 1.54) is 5.56 Å². The van der Waals surface area contributed by atoms with E-state index in [0.29, 0.717) is 12.5 Å². The smallest absolute Gasteiger partial charge is 0.191 e. The van der Waals surface area contributed by atoms with Gasteiger partial charge in [0.05, 0.1) is 13.7 Å². The average Bonchev–Trinajstić information content (AvgIpc) is 2.50. The van der Waals surface area contributed by atoms with Crippen LogP contribution in [0.4, 0.5) is 0 Å². The van der Waals surface area contributed by atoms with Gasteiger partial charge in [0.25, 0.3) is 0 Å². The maximum absolute atomic E-state index is 5.39. The molecule has 1 unspecified atom stereocenters. The van der Waals surface area contributed by atoms with Gasteiger partial charge < -0.3 is 20.1 Å². The van der Waals surface area contributed by atoms with Crippen molar-refractivity contribution in [1.29, 1.82) is 0 Å². The summed E-state index contributed by atoms with van der Waals surface area (Å²) in [6, 6.07) is 8.08. The zero-order valence-electron chi connectivity index (χ0n) is 12.8. The Morgan fingerprint density at radius 2 is 2.00 bits per heavy atom. The van der Waals surface area contributed by atoms with Crippen LogP contribution in [-0.4, -0.2) is 46.9 Å². The Labute approximate surface area is 121 Å². The first-order valence-electron chi connectivity index (χ1n) is 6.79. The number of guanidine groups is 1. The lowest BCUT2D eigenvalue weighted by molar-refractivity contribution is 0.203. The summed E-state index contributed by atoms with van der Waals surface area (Å²) in [4.78, 5) is 4.18. The molecule has 1 rings (SSSR count). The molecule has 0 amide bonds. The number of nitrogens with one attached hydrogen (secondary N) is 2. The van der Waals surface area contributed by atoms with Gasteiger partial charge in [-0.1, -0.05) is 25.1 Å². The van der Waals surface area contributed by atoms with Crippen LogP contribution in [0, 0.1) is 0 Å². The second kappa shape index (κ2) is 9.20. The summed E-state index contributed by atoms with van der Waals surface area (Å²) in [5.41, 5.74) is 1.19. The van der Waals surface area contributed by atoms with Crippen LogP contribution in [0.25, 0.3) is 0 Å². The lowest BCUT2D eigenvalue weighted by atomic mass is 10.0. The molecule has 0 fully saturated rings. The van der Waals surface area contributed by atoms with Crippen molar-refractivity contribution in [2.45, 2.75) is 12.8 Å². The molecule has 0 aliphatic heterocycles. The minimum absolute atomic E-state index is 0.326. The molecule has 2 N–H and O–H groups in total. The average molecular weight is 279 g/mol. The van der Waals surface area contributed by atoms with Gasteiger partial charge in [0.2, 0.25) is 0 Å². The zero-order chi connectivity index (χ0) is 14.8. The van der Waals surface area contributed by atoms with Crippen LogP contribution in [0.2, 0.25) is 0 Å². The largest absolute Gasteiger partial charge is 0.496 e. The molecule has 20 heavy (non-hydrogen) atoms. The van der Waals surface area contributed by atoms with Gasteiger partial charge in [-0.25, -0.2) is 0 Å². The van der Waals surface area contributed by atoms with E-state index in [1.807, 2.05) is 18.2 Å². The molecular weight excluding hydrogens is 254 g/mol. The zero-order valence-corrected chi connectivity index (χ0v) is 12.8. The summed E-state index contributed by atoms with van der Waals surface area (Å²) >= 11 is 0.